The van der Waals surface area contributed by atoms with Crippen LogP contribution < -0.4 is 4.90 Å². The third kappa shape index (κ3) is 6.44. The first-order valence-corrected chi connectivity index (χ1v) is 12.8. The molecule has 4 rings (SSSR count). The largest absolute Gasteiger partial charge is 0.392 e. The van der Waals surface area contributed by atoms with E-state index in [4.69, 9.17) is 9.97 Å². The second-order valence-corrected chi connectivity index (χ2v) is 9.48. The summed E-state index contributed by atoms with van der Waals surface area (Å²) in [5.74, 6) is 1.62. The number of anilines is 1. The molecule has 1 aliphatic rings. The number of aryl methyl sites for hydroxylation is 1. The van der Waals surface area contributed by atoms with Crippen molar-refractivity contribution >= 4 is 11.5 Å². The number of piperazine rings is 1. The Morgan fingerprint density at radius 1 is 1.03 bits per heavy atom. The molecule has 0 amide bonds. The molecule has 2 aromatic carbocycles. The summed E-state index contributed by atoms with van der Waals surface area (Å²) in [5, 5.41) is 21.4. The van der Waals surface area contributed by atoms with Crippen LogP contribution in [0.2, 0.25) is 0 Å². The fourth-order valence-electron chi connectivity index (χ4n) is 4.68. The Bertz CT molecular complexity index is 1150. The smallest absolute Gasteiger partial charge is 0.269 e. The topological polar surface area (TPSA) is 95.6 Å². The lowest BCUT2D eigenvalue weighted by Crippen LogP contribution is -2.49. The van der Waals surface area contributed by atoms with E-state index >= 15 is 0 Å². The molecule has 3 aromatic rings. The molecule has 1 N–H and O–H groups in total. The van der Waals surface area contributed by atoms with Gasteiger partial charge in [0.15, 0.2) is 5.82 Å². The second-order valence-electron chi connectivity index (χ2n) is 9.48. The quantitative estimate of drug-likeness (QED) is 0.328. The van der Waals surface area contributed by atoms with Crippen LogP contribution in [0, 0.1) is 17.0 Å². The number of aromatic nitrogens is 2. The minimum absolute atomic E-state index is 0.0867. The third-order valence-corrected chi connectivity index (χ3v) is 6.78. The van der Waals surface area contributed by atoms with Gasteiger partial charge in [-0.15, -0.1) is 0 Å². The predicted octanol–water partition coefficient (Wildman–Crippen LogP) is 4.62. The van der Waals surface area contributed by atoms with Crippen LogP contribution in [-0.2, 0) is 6.42 Å². The lowest BCUT2D eigenvalue weighted by Gasteiger charge is -2.37. The number of nitrogens with zero attached hydrogens (tertiary/aromatic N) is 5. The molecule has 8 heteroatoms. The highest BCUT2D eigenvalue weighted by molar-refractivity contribution is 5.61. The van der Waals surface area contributed by atoms with Gasteiger partial charge in [0.2, 0.25) is 0 Å². The molecule has 0 bridgehead atoms. The maximum atomic E-state index is 11.1. The van der Waals surface area contributed by atoms with Crippen molar-refractivity contribution in [2.45, 2.75) is 45.6 Å². The van der Waals surface area contributed by atoms with E-state index in [-0.39, 0.29) is 16.7 Å². The van der Waals surface area contributed by atoms with Gasteiger partial charge in [-0.05, 0) is 18.9 Å². The summed E-state index contributed by atoms with van der Waals surface area (Å²) in [6.45, 7) is 8.23. The van der Waals surface area contributed by atoms with Gasteiger partial charge in [0.25, 0.3) is 5.69 Å². The second kappa shape index (κ2) is 12.1. The van der Waals surface area contributed by atoms with Crippen molar-refractivity contribution in [3.63, 3.8) is 0 Å². The monoisotopic (exact) mass is 489 g/mol. The van der Waals surface area contributed by atoms with E-state index in [2.05, 4.69) is 16.7 Å². The van der Waals surface area contributed by atoms with E-state index in [0.29, 0.717) is 18.8 Å². The normalized spacial score (nSPS) is 15.1. The Morgan fingerprint density at radius 2 is 1.72 bits per heavy atom. The average molecular weight is 490 g/mol. The fourth-order valence-corrected chi connectivity index (χ4v) is 4.68. The Hall–Kier alpha value is -3.36. The van der Waals surface area contributed by atoms with E-state index < -0.39 is 0 Å². The SMILES string of the molecule is CCCCC(O)CN1CCN(c2nc(-c3ccccc3)nc(C)c2Cc2ccc([N+](=O)[O-])cc2)CC1. The van der Waals surface area contributed by atoms with Crippen molar-refractivity contribution in [3.8, 4) is 11.4 Å². The maximum Gasteiger partial charge on any atom is 0.269 e. The van der Waals surface area contributed by atoms with E-state index in [1.807, 2.05) is 49.4 Å². The number of benzene rings is 2. The van der Waals surface area contributed by atoms with Crippen molar-refractivity contribution in [1.29, 1.82) is 0 Å². The van der Waals surface area contributed by atoms with Crippen molar-refractivity contribution < 1.29 is 10.0 Å². The molecule has 1 aromatic heterocycles. The fraction of sp³-hybridized carbons (Fsp3) is 0.429. The summed E-state index contributed by atoms with van der Waals surface area (Å²) in [6, 6.07) is 16.7. The van der Waals surface area contributed by atoms with Crippen LogP contribution in [0.15, 0.2) is 54.6 Å². The summed E-state index contributed by atoms with van der Waals surface area (Å²) in [4.78, 5) is 25.2. The molecule has 36 heavy (non-hydrogen) atoms. The highest BCUT2D eigenvalue weighted by atomic mass is 16.6. The van der Waals surface area contributed by atoms with Crippen LogP contribution in [-0.4, -0.2) is 63.7 Å². The van der Waals surface area contributed by atoms with Gasteiger partial charge < -0.3 is 10.0 Å². The zero-order valence-electron chi connectivity index (χ0n) is 21.1. The molecule has 0 aliphatic carbocycles. The highest BCUT2D eigenvalue weighted by Crippen LogP contribution is 2.29. The number of aliphatic hydroxyl groups excluding tert-OH is 1. The minimum atomic E-state index is -0.378. The summed E-state index contributed by atoms with van der Waals surface area (Å²) in [6.07, 6.45) is 3.32. The molecule has 2 heterocycles. The first-order valence-electron chi connectivity index (χ1n) is 12.8. The Kier molecular flexibility index (Phi) is 8.61. The molecule has 1 saturated heterocycles. The van der Waals surface area contributed by atoms with Crippen LogP contribution in [0.4, 0.5) is 11.5 Å². The van der Waals surface area contributed by atoms with Gasteiger partial charge in [0, 0.05) is 68.1 Å². The molecule has 1 fully saturated rings. The first kappa shape index (κ1) is 25.7. The Labute approximate surface area is 212 Å². The van der Waals surface area contributed by atoms with Crippen LogP contribution in [0.5, 0.6) is 0 Å². The van der Waals surface area contributed by atoms with Gasteiger partial charge >= 0.3 is 0 Å². The molecule has 1 atom stereocenters. The number of non-ortho nitro benzene ring substituents is 1. The number of hydrogen-bond acceptors (Lipinski definition) is 7. The Balaban J connectivity index is 1.58. The first-order chi connectivity index (χ1) is 17.4. The van der Waals surface area contributed by atoms with Crippen molar-refractivity contribution in [2.75, 3.05) is 37.6 Å². The number of unbranched alkanes of at least 4 members (excludes halogenated alkanes) is 1. The predicted molar refractivity (Wildman–Crippen MR) is 142 cm³/mol. The summed E-state index contributed by atoms with van der Waals surface area (Å²) >= 11 is 0. The zero-order chi connectivity index (χ0) is 25.5. The molecular weight excluding hydrogens is 454 g/mol. The van der Waals surface area contributed by atoms with Crippen LogP contribution in [0.3, 0.4) is 0 Å². The number of hydrogen-bond donors (Lipinski definition) is 1. The van der Waals surface area contributed by atoms with Gasteiger partial charge in [-0.3, -0.25) is 15.0 Å². The highest BCUT2D eigenvalue weighted by Gasteiger charge is 2.24. The average Bonchev–Trinajstić information content (AvgIpc) is 2.90. The Morgan fingerprint density at radius 3 is 2.36 bits per heavy atom. The van der Waals surface area contributed by atoms with E-state index in [1.165, 1.54) is 0 Å². The third-order valence-electron chi connectivity index (χ3n) is 6.78. The van der Waals surface area contributed by atoms with Crippen LogP contribution in [0.1, 0.15) is 43.0 Å². The van der Waals surface area contributed by atoms with Crippen LogP contribution >= 0.6 is 0 Å². The number of nitro groups is 1. The lowest BCUT2D eigenvalue weighted by atomic mass is 10.0. The van der Waals surface area contributed by atoms with Crippen molar-refractivity contribution in [1.82, 2.24) is 14.9 Å². The number of nitro benzene ring substituents is 1. The summed E-state index contributed by atoms with van der Waals surface area (Å²) < 4.78 is 0. The molecule has 8 nitrogen and oxygen atoms in total. The number of aliphatic hydroxyl groups is 1. The molecular formula is C28H35N5O3. The molecule has 1 unspecified atom stereocenters. The van der Waals surface area contributed by atoms with E-state index in [1.54, 1.807) is 12.1 Å². The maximum absolute atomic E-state index is 11.1. The van der Waals surface area contributed by atoms with Gasteiger partial charge in [-0.1, -0.05) is 62.2 Å². The lowest BCUT2D eigenvalue weighted by molar-refractivity contribution is -0.384. The number of rotatable bonds is 10. The van der Waals surface area contributed by atoms with Gasteiger partial charge in [0.1, 0.15) is 5.82 Å². The molecule has 190 valence electrons. The van der Waals surface area contributed by atoms with Gasteiger partial charge in [0.05, 0.1) is 11.0 Å². The zero-order valence-corrected chi connectivity index (χ0v) is 21.1. The van der Waals surface area contributed by atoms with Gasteiger partial charge in [-0.25, -0.2) is 9.97 Å². The molecule has 0 radical (unpaired) electrons. The molecule has 1 aliphatic heterocycles. The van der Waals surface area contributed by atoms with Crippen molar-refractivity contribution in [3.05, 3.63) is 81.5 Å². The van der Waals surface area contributed by atoms with E-state index in [0.717, 1.165) is 73.6 Å². The summed E-state index contributed by atoms with van der Waals surface area (Å²) in [7, 11) is 0. The summed E-state index contributed by atoms with van der Waals surface area (Å²) in [5.41, 5.74) is 4.00. The molecule has 0 saturated carbocycles. The molecule has 0 spiro atoms. The van der Waals surface area contributed by atoms with Gasteiger partial charge in [-0.2, -0.15) is 0 Å². The standard InChI is InChI=1S/C28H35N5O3/c1-3-4-10-25(34)20-31-15-17-32(18-16-31)28-26(19-22-11-13-24(14-12-22)33(35)36)21(2)29-27(30-28)23-8-6-5-7-9-23/h5-9,11-14,25,34H,3-4,10,15-20H2,1-2H3. The minimum Gasteiger partial charge on any atom is -0.392 e. The number of β-amino-alcohol motifs (C(OH)–C–C–N with tert-alkyl or cyclic N) is 1. The van der Waals surface area contributed by atoms with E-state index in [9.17, 15) is 15.2 Å². The van der Waals surface area contributed by atoms with Crippen molar-refractivity contribution in [2.24, 2.45) is 0 Å². The van der Waals surface area contributed by atoms with Crippen LogP contribution in [0.25, 0.3) is 11.4 Å².